The van der Waals surface area contributed by atoms with Gasteiger partial charge in [0.15, 0.2) is 0 Å². The number of likely N-dealkylation sites (N-methyl/N-ethyl adjacent to an activating group) is 1. The van der Waals surface area contributed by atoms with Crippen molar-refractivity contribution in [3.05, 3.63) is 68.7 Å². The molecule has 2 aromatic rings. The van der Waals surface area contributed by atoms with Gasteiger partial charge in [0, 0.05) is 21.7 Å². The maximum absolute atomic E-state index is 6.32. The molecule has 0 aliphatic carbocycles. The second-order valence-corrected chi connectivity index (χ2v) is 5.87. The lowest BCUT2D eigenvalue weighted by atomic mass is 9.93. The molecule has 2 rings (SSSR count). The number of nitrogens with one attached hydrogen (secondary N) is 1. The minimum absolute atomic E-state index is 0.107. The molecule has 2 aromatic carbocycles. The predicted octanol–water partition coefficient (Wildman–Crippen LogP) is 5.11. The SMILES string of the molecule is CNC(Cc1c(C)cccc1C)c1c(Cl)cccc1Cl. The first-order chi connectivity index (χ1) is 9.54. The van der Waals surface area contributed by atoms with Gasteiger partial charge in [-0.15, -0.1) is 0 Å². The van der Waals surface area contributed by atoms with Crippen LogP contribution in [0.5, 0.6) is 0 Å². The van der Waals surface area contributed by atoms with Gasteiger partial charge in [0.2, 0.25) is 0 Å². The number of rotatable bonds is 4. The molecule has 0 aliphatic rings. The zero-order valence-electron chi connectivity index (χ0n) is 12.0. The monoisotopic (exact) mass is 307 g/mol. The van der Waals surface area contributed by atoms with Gasteiger partial charge in [0.05, 0.1) is 0 Å². The average molecular weight is 308 g/mol. The number of aryl methyl sites for hydroxylation is 2. The molecule has 0 bridgehead atoms. The van der Waals surface area contributed by atoms with Crippen LogP contribution in [-0.2, 0) is 6.42 Å². The van der Waals surface area contributed by atoms with E-state index in [1.165, 1.54) is 16.7 Å². The van der Waals surface area contributed by atoms with Crippen LogP contribution in [0, 0.1) is 13.8 Å². The fourth-order valence-corrected chi connectivity index (χ4v) is 3.23. The van der Waals surface area contributed by atoms with Gasteiger partial charge in [-0.05, 0) is 56.1 Å². The lowest BCUT2D eigenvalue weighted by Gasteiger charge is -2.21. The zero-order chi connectivity index (χ0) is 14.7. The molecule has 0 spiro atoms. The third-order valence-corrected chi connectivity index (χ3v) is 4.41. The maximum atomic E-state index is 6.32. The number of halogens is 2. The second-order valence-electron chi connectivity index (χ2n) is 5.05. The van der Waals surface area contributed by atoms with Gasteiger partial charge < -0.3 is 5.32 Å². The molecule has 0 saturated carbocycles. The molecule has 1 atom stereocenters. The maximum Gasteiger partial charge on any atom is 0.0468 e. The summed E-state index contributed by atoms with van der Waals surface area (Å²) in [7, 11) is 1.94. The van der Waals surface area contributed by atoms with Crippen molar-refractivity contribution >= 4 is 23.2 Å². The van der Waals surface area contributed by atoms with Crippen molar-refractivity contribution in [1.82, 2.24) is 5.32 Å². The Kier molecular flexibility index (Phi) is 5.09. The quantitative estimate of drug-likeness (QED) is 0.827. The van der Waals surface area contributed by atoms with Crippen molar-refractivity contribution in [1.29, 1.82) is 0 Å². The molecule has 0 fully saturated rings. The first kappa shape index (κ1) is 15.4. The van der Waals surface area contributed by atoms with Crippen LogP contribution in [0.25, 0.3) is 0 Å². The molecule has 3 heteroatoms. The summed E-state index contributed by atoms with van der Waals surface area (Å²) in [5, 5.41) is 4.76. The minimum Gasteiger partial charge on any atom is -0.313 e. The highest BCUT2D eigenvalue weighted by atomic mass is 35.5. The Balaban J connectivity index is 2.39. The van der Waals surface area contributed by atoms with Crippen LogP contribution in [0.3, 0.4) is 0 Å². The van der Waals surface area contributed by atoms with Crippen LogP contribution in [-0.4, -0.2) is 7.05 Å². The van der Waals surface area contributed by atoms with Crippen molar-refractivity contribution in [2.24, 2.45) is 0 Å². The van der Waals surface area contributed by atoms with Crippen LogP contribution in [0.2, 0.25) is 10.0 Å². The van der Waals surface area contributed by atoms with Crippen molar-refractivity contribution < 1.29 is 0 Å². The van der Waals surface area contributed by atoms with Crippen LogP contribution in [0.15, 0.2) is 36.4 Å². The van der Waals surface area contributed by atoms with Crippen LogP contribution in [0.1, 0.15) is 28.3 Å². The molecule has 0 radical (unpaired) electrons. The van der Waals surface area contributed by atoms with Crippen molar-refractivity contribution in [2.45, 2.75) is 26.3 Å². The molecule has 1 N–H and O–H groups in total. The van der Waals surface area contributed by atoms with Gasteiger partial charge in [0.1, 0.15) is 0 Å². The van der Waals surface area contributed by atoms with E-state index in [1.54, 1.807) is 0 Å². The summed E-state index contributed by atoms with van der Waals surface area (Å²) in [6.45, 7) is 4.28. The topological polar surface area (TPSA) is 12.0 Å². The van der Waals surface area contributed by atoms with Crippen LogP contribution >= 0.6 is 23.2 Å². The molecule has 0 aromatic heterocycles. The Labute approximate surface area is 130 Å². The molecule has 106 valence electrons. The van der Waals surface area contributed by atoms with E-state index in [4.69, 9.17) is 23.2 Å². The summed E-state index contributed by atoms with van der Waals surface area (Å²) < 4.78 is 0. The van der Waals surface area contributed by atoms with Crippen molar-refractivity contribution in [2.75, 3.05) is 7.05 Å². The summed E-state index contributed by atoms with van der Waals surface area (Å²) in [6, 6.07) is 12.1. The first-order valence-corrected chi connectivity index (χ1v) is 7.46. The van der Waals surface area contributed by atoms with E-state index in [2.05, 4.69) is 37.4 Å². The van der Waals surface area contributed by atoms with Gasteiger partial charge >= 0.3 is 0 Å². The van der Waals surface area contributed by atoms with E-state index >= 15 is 0 Å². The van der Waals surface area contributed by atoms with E-state index in [9.17, 15) is 0 Å². The smallest absolute Gasteiger partial charge is 0.0468 e. The first-order valence-electron chi connectivity index (χ1n) is 6.71. The molecule has 20 heavy (non-hydrogen) atoms. The molecule has 0 aliphatic heterocycles. The molecule has 0 heterocycles. The average Bonchev–Trinajstić information content (AvgIpc) is 2.40. The zero-order valence-corrected chi connectivity index (χ0v) is 13.5. The second kappa shape index (κ2) is 6.62. The normalized spacial score (nSPS) is 12.4. The summed E-state index contributed by atoms with van der Waals surface area (Å²) in [4.78, 5) is 0. The molecule has 1 unspecified atom stereocenters. The van der Waals surface area contributed by atoms with E-state index in [0.717, 1.165) is 12.0 Å². The molecular formula is C17H19Cl2N. The Morgan fingerprint density at radius 3 is 1.95 bits per heavy atom. The minimum atomic E-state index is 0.107. The summed E-state index contributed by atoms with van der Waals surface area (Å²) >= 11 is 12.6. The standard InChI is InChI=1S/C17H19Cl2N/c1-11-6-4-7-12(2)13(11)10-16(20-3)17-14(18)8-5-9-15(17)19/h4-9,16,20H,10H2,1-3H3. The molecule has 0 saturated heterocycles. The Morgan fingerprint density at radius 2 is 1.45 bits per heavy atom. The van der Waals surface area contributed by atoms with E-state index in [-0.39, 0.29) is 6.04 Å². The largest absolute Gasteiger partial charge is 0.313 e. The van der Waals surface area contributed by atoms with Gasteiger partial charge in [-0.25, -0.2) is 0 Å². The highest BCUT2D eigenvalue weighted by Crippen LogP contribution is 2.33. The van der Waals surface area contributed by atoms with E-state index < -0.39 is 0 Å². The Bertz CT molecular complexity index is 567. The Hall–Kier alpha value is -1.02. The number of hydrogen-bond acceptors (Lipinski definition) is 1. The van der Waals surface area contributed by atoms with Gasteiger partial charge in [-0.1, -0.05) is 47.5 Å². The van der Waals surface area contributed by atoms with Gasteiger partial charge in [-0.3, -0.25) is 0 Å². The Morgan fingerprint density at radius 1 is 0.950 bits per heavy atom. The van der Waals surface area contributed by atoms with Crippen LogP contribution < -0.4 is 5.32 Å². The van der Waals surface area contributed by atoms with Gasteiger partial charge in [0.25, 0.3) is 0 Å². The lowest BCUT2D eigenvalue weighted by Crippen LogP contribution is -2.20. The van der Waals surface area contributed by atoms with Gasteiger partial charge in [-0.2, -0.15) is 0 Å². The summed E-state index contributed by atoms with van der Waals surface area (Å²) in [5.74, 6) is 0. The van der Waals surface area contributed by atoms with Crippen molar-refractivity contribution in [3.63, 3.8) is 0 Å². The fraction of sp³-hybridized carbons (Fsp3) is 0.294. The molecule has 0 amide bonds. The summed E-state index contributed by atoms with van der Waals surface area (Å²) in [5.41, 5.74) is 4.92. The number of benzene rings is 2. The van der Waals surface area contributed by atoms with E-state index in [0.29, 0.717) is 10.0 Å². The van der Waals surface area contributed by atoms with E-state index in [1.807, 2.05) is 25.2 Å². The third-order valence-electron chi connectivity index (χ3n) is 3.75. The highest BCUT2D eigenvalue weighted by Gasteiger charge is 2.18. The molecule has 1 nitrogen and oxygen atoms in total. The third kappa shape index (κ3) is 3.17. The lowest BCUT2D eigenvalue weighted by molar-refractivity contribution is 0.589. The van der Waals surface area contributed by atoms with Crippen molar-refractivity contribution in [3.8, 4) is 0 Å². The number of hydrogen-bond donors (Lipinski definition) is 1. The molecular weight excluding hydrogens is 289 g/mol. The summed E-state index contributed by atoms with van der Waals surface area (Å²) in [6.07, 6.45) is 0.873. The van der Waals surface area contributed by atoms with Crippen LogP contribution in [0.4, 0.5) is 0 Å². The fourth-order valence-electron chi connectivity index (χ4n) is 2.57. The highest BCUT2D eigenvalue weighted by molar-refractivity contribution is 6.36. The predicted molar refractivity (Wildman–Crippen MR) is 87.9 cm³/mol.